The summed E-state index contributed by atoms with van der Waals surface area (Å²) in [5.74, 6) is 0.0503. The summed E-state index contributed by atoms with van der Waals surface area (Å²) in [5, 5.41) is 10.8. The number of aliphatic hydroxyl groups is 1. The SMILES string of the molecule is COCCN(C)C1CCN(c2ccc3c(c2)CCN(C[C@H](O)CN2CCc4ccccc4C2)C3=O)CC1. The molecule has 0 aliphatic carbocycles. The maximum Gasteiger partial charge on any atom is 0.254 e. The van der Waals surface area contributed by atoms with E-state index < -0.39 is 6.10 Å². The van der Waals surface area contributed by atoms with Crippen LogP contribution in [0.1, 0.15) is 39.9 Å². The van der Waals surface area contributed by atoms with Gasteiger partial charge in [0.2, 0.25) is 0 Å². The predicted octanol–water partition coefficient (Wildman–Crippen LogP) is 2.65. The number of carbonyl (C=O) groups is 1. The first kappa shape index (κ1) is 26.2. The summed E-state index contributed by atoms with van der Waals surface area (Å²) >= 11 is 0. The zero-order valence-electron chi connectivity index (χ0n) is 22.4. The number of rotatable bonds is 9. The number of aliphatic hydroxyl groups excluding tert-OH is 1. The second kappa shape index (κ2) is 11.9. The van der Waals surface area contributed by atoms with Gasteiger partial charge in [-0.3, -0.25) is 9.69 Å². The van der Waals surface area contributed by atoms with Gasteiger partial charge in [0.05, 0.1) is 12.7 Å². The van der Waals surface area contributed by atoms with Crippen LogP contribution in [0.4, 0.5) is 5.69 Å². The van der Waals surface area contributed by atoms with Crippen LogP contribution in [0.2, 0.25) is 0 Å². The third-order valence-corrected chi connectivity index (χ3v) is 8.47. The molecule has 200 valence electrons. The number of hydrogen-bond donors (Lipinski definition) is 1. The van der Waals surface area contributed by atoms with Gasteiger partial charge >= 0.3 is 0 Å². The van der Waals surface area contributed by atoms with E-state index in [1.807, 2.05) is 11.0 Å². The zero-order chi connectivity index (χ0) is 25.8. The molecule has 0 saturated carbocycles. The number of piperidine rings is 1. The van der Waals surface area contributed by atoms with Crippen molar-refractivity contribution in [3.8, 4) is 0 Å². The molecular formula is C30H42N4O3. The third-order valence-electron chi connectivity index (χ3n) is 8.47. The minimum absolute atomic E-state index is 0.0503. The van der Waals surface area contributed by atoms with E-state index >= 15 is 0 Å². The number of fused-ring (bicyclic) bond motifs is 2. The van der Waals surface area contributed by atoms with Crippen LogP contribution in [-0.2, 0) is 24.1 Å². The fraction of sp³-hybridized carbons (Fsp3) is 0.567. The Morgan fingerprint density at radius 1 is 1.00 bits per heavy atom. The van der Waals surface area contributed by atoms with E-state index in [0.29, 0.717) is 25.7 Å². The number of carbonyl (C=O) groups excluding carboxylic acids is 1. The van der Waals surface area contributed by atoms with Gasteiger partial charge < -0.3 is 24.5 Å². The van der Waals surface area contributed by atoms with Gasteiger partial charge in [-0.15, -0.1) is 0 Å². The summed E-state index contributed by atoms with van der Waals surface area (Å²) in [6.45, 7) is 7.30. The Kier molecular flexibility index (Phi) is 8.45. The Labute approximate surface area is 221 Å². The van der Waals surface area contributed by atoms with Crippen LogP contribution >= 0.6 is 0 Å². The second-order valence-electron chi connectivity index (χ2n) is 10.9. The lowest BCUT2D eigenvalue weighted by Gasteiger charge is -2.38. The van der Waals surface area contributed by atoms with Crippen LogP contribution in [0.5, 0.6) is 0 Å². The Bertz CT molecular complexity index is 1070. The highest BCUT2D eigenvalue weighted by atomic mass is 16.5. The highest BCUT2D eigenvalue weighted by Crippen LogP contribution is 2.28. The van der Waals surface area contributed by atoms with E-state index in [1.165, 1.54) is 16.8 Å². The van der Waals surface area contributed by atoms with Gasteiger partial charge in [0, 0.05) is 76.8 Å². The standard InChI is InChI=1S/C30H42N4O3/c1-31(17-18-37-2)26-11-15-33(16-12-26)27-7-8-29-24(19-27)10-14-34(30(29)36)22-28(35)21-32-13-9-23-5-3-4-6-25(23)20-32/h3-8,19,26,28,35H,9-18,20-22H2,1-2H3/t28-/m1/s1. The van der Waals surface area contributed by atoms with Crippen molar-refractivity contribution in [1.82, 2.24) is 14.7 Å². The molecule has 2 aromatic carbocycles. The zero-order valence-corrected chi connectivity index (χ0v) is 22.4. The van der Waals surface area contributed by atoms with Crippen molar-refractivity contribution in [2.24, 2.45) is 0 Å². The molecule has 1 N–H and O–H groups in total. The van der Waals surface area contributed by atoms with Gasteiger partial charge in [0.25, 0.3) is 5.91 Å². The van der Waals surface area contributed by atoms with E-state index in [4.69, 9.17) is 4.74 Å². The molecule has 7 nitrogen and oxygen atoms in total. The third kappa shape index (κ3) is 6.17. The first-order valence-corrected chi connectivity index (χ1v) is 13.9. The lowest BCUT2D eigenvalue weighted by atomic mass is 9.96. The molecule has 2 aromatic rings. The van der Waals surface area contributed by atoms with E-state index in [1.54, 1.807) is 7.11 Å². The van der Waals surface area contributed by atoms with Crippen molar-refractivity contribution in [3.05, 3.63) is 64.7 Å². The van der Waals surface area contributed by atoms with Crippen LogP contribution in [0.25, 0.3) is 0 Å². The molecular weight excluding hydrogens is 464 g/mol. The summed E-state index contributed by atoms with van der Waals surface area (Å²) in [6.07, 6.45) is 3.60. The van der Waals surface area contributed by atoms with Gasteiger partial charge in [-0.25, -0.2) is 0 Å². The number of hydrogen-bond acceptors (Lipinski definition) is 6. The molecule has 0 spiro atoms. The molecule has 0 bridgehead atoms. The molecule has 5 rings (SSSR count). The first-order valence-electron chi connectivity index (χ1n) is 13.9. The molecule has 1 saturated heterocycles. The lowest BCUT2D eigenvalue weighted by molar-refractivity contribution is 0.0493. The Hall–Kier alpha value is -2.45. The monoisotopic (exact) mass is 506 g/mol. The fourth-order valence-electron chi connectivity index (χ4n) is 6.20. The van der Waals surface area contributed by atoms with Crippen molar-refractivity contribution in [2.45, 2.75) is 44.4 Å². The summed E-state index contributed by atoms with van der Waals surface area (Å²) in [6, 6.07) is 15.5. The highest BCUT2D eigenvalue weighted by Gasteiger charge is 2.29. The molecule has 1 atom stereocenters. The molecule has 3 aliphatic heterocycles. The average molecular weight is 507 g/mol. The van der Waals surface area contributed by atoms with Crippen LogP contribution in [0.3, 0.4) is 0 Å². The molecule has 3 aliphatic rings. The first-order chi connectivity index (χ1) is 18.0. The van der Waals surface area contributed by atoms with Gasteiger partial charge in [-0.1, -0.05) is 24.3 Å². The van der Waals surface area contributed by atoms with Crippen LogP contribution in [-0.4, -0.2) is 104 Å². The number of amides is 1. The molecule has 0 unspecified atom stereocenters. The largest absolute Gasteiger partial charge is 0.390 e. The quantitative estimate of drug-likeness (QED) is 0.564. The van der Waals surface area contributed by atoms with Crippen LogP contribution in [0, 0.1) is 0 Å². The van der Waals surface area contributed by atoms with E-state index in [9.17, 15) is 9.90 Å². The van der Waals surface area contributed by atoms with Crippen LogP contribution in [0.15, 0.2) is 42.5 Å². The minimum atomic E-state index is -0.543. The van der Waals surface area contributed by atoms with Crippen molar-refractivity contribution in [2.75, 3.05) is 71.5 Å². The number of benzene rings is 2. The Morgan fingerprint density at radius 2 is 1.76 bits per heavy atom. The van der Waals surface area contributed by atoms with Crippen molar-refractivity contribution in [1.29, 1.82) is 0 Å². The normalized spacial score (nSPS) is 19.7. The maximum absolute atomic E-state index is 13.3. The van der Waals surface area contributed by atoms with Crippen LogP contribution < -0.4 is 4.90 Å². The average Bonchev–Trinajstić information content (AvgIpc) is 2.93. The Morgan fingerprint density at radius 3 is 2.54 bits per heavy atom. The molecule has 1 fully saturated rings. The van der Waals surface area contributed by atoms with E-state index in [2.05, 4.69) is 58.1 Å². The molecule has 0 aromatic heterocycles. The lowest BCUT2D eigenvalue weighted by Crippen LogP contribution is -2.46. The summed E-state index contributed by atoms with van der Waals surface area (Å²) in [5.41, 5.74) is 5.92. The summed E-state index contributed by atoms with van der Waals surface area (Å²) in [4.78, 5) is 22.3. The molecule has 0 radical (unpaired) electrons. The van der Waals surface area contributed by atoms with Gasteiger partial charge in [-0.2, -0.15) is 0 Å². The van der Waals surface area contributed by atoms with Crippen molar-refractivity contribution in [3.63, 3.8) is 0 Å². The number of ether oxygens (including phenoxy) is 1. The molecule has 1 amide bonds. The molecule has 37 heavy (non-hydrogen) atoms. The fourth-order valence-corrected chi connectivity index (χ4v) is 6.20. The highest BCUT2D eigenvalue weighted by molar-refractivity contribution is 5.97. The number of nitrogens with zero attached hydrogens (tertiary/aromatic N) is 4. The van der Waals surface area contributed by atoms with E-state index in [-0.39, 0.29) is 5.91 Å². The molecule has 3 heterocycles. The number of methoxy groups -OCH3 is 1. The predicted molar refractivity (Wildman–Crippen MR) is 147 cm³/mol. The smallest absolute Gasteiger partial charge is 0.254 e. The van der Waals surface area contributed by atoms with E-state index in [0.717, 1.165) is 76.1 Å². The maximum atomic E-state index is 13.3. The number of likely N-dealkylation sites (N-methyl/N-ethyl adjacent to an activating group) is 1. The van der Waals surface area contributed by atoms with Crippen molar-refractivity contribution >= 4 is 11.6 Å². The molecule has 7 heteroatoms. The van der Waals surface area contributed by atoms with Gasteiger partial charge in [0.15, 0.2) is 0 Å². The minimum Gasteiger partial charge on any atom is -0.390 e. The summed E-state index contributed by atoms with van der Waals surface area (Å²) < 4.78 is 5.23. The van der Waals surface area contributed by atoms with Crippen molar-refractivity contribution < 1.29 is 14.6 Å². The van der Waals surface area contributed by atoms with Gasteiger partial charge in [0.1, 0.15) is 0 Å². The number of β-amino-alcohol motifs (C(OH)–C–C–N with tert-alkyl or cyclic N) is 1. The van der Waals surface area contributed by atoms with Gasteiger partial charge in [-0.05, 0) is 67.6 Å². The topological polar surface area (TPSA) is 59.5 Å². The Balaban J connectivity index is 1.13. The summed E-state index contributed by atoms with van der Waals surface area (Å²) in [7, 11) is 3.95. The second-order valence-corrected chi connectivity index (χ2v) is 10.9. The number of anilines is 1.